The molecule has 0 saturated carbocycles. The number of non-ortho nitro benzene ring substituents is 1. The number of nitro groups is 1. The lowest BCUT2D eigenvalue weighted by molar-refractivity contribution is -0.385. The first-order chi connectivity index (χ1) is 11.3. The van der Waals surface area contributed by atoms with Crippen molar-refractivity contribution in [1.82, 2.24) is 0 Å². The summed E-state index contributed by atoms with van der Waals surface area (Å²) in [5, 5.41) is 20.3. The van der Waals surface area contributed by atoms with Crippen LogP contribution in [0.3, 0.4) is 0 Å². The zero-order valence-corrected chi connectivity index (χ0v) is 14.2. The van der Waals surface area contributed by atoms with E-state index in [0.717, 1.165) is 10.4 Å². The second-order valence-electron chi connectivity index (χ2n) is 5.28. The minimum Gasteiger partial charge on any atom is -0.394 e. The van der Waals surface area contributed by atoms with Crippen LogP contribution in [0.1, 0.15) is 11.1 Å². The van der Waals surface area contributed by atoms with Crippen LogP contribution in [-0.4, -0.2) is 31.6 Å². The van der Waals surface area contributed by atoms with Crippen molar-refractivity contribution in [2.45, 2.75) is 18.7 Å². The number of hydrogen-bond donors (Lipinski definition) is 1. The second-order valence-corrected chi connectivity index (χ2v) is 7.11. The Morgan fingerprint density at radius 3 is 2.33 bits per heavy atom. The fraction of sp³-hybridized carbons (Fsp3) is 0.250. The predicted octanol–water partition coefficient (Wildman–Crippen LogP) is 2.40. The Balaban J connectivity index is 2.66. The molecule has 0 saturated heterocycles. The highest BCUT2D eigenvalue weighted by molar-refractivity contribution is 7.92. The standard InChI is InChI=1S/C16H18N2O5S/c1-12-10-15(18(20)21)11-16(13(12)2)24(22,23)17(8-9-19)14-6-4-3-5-7-14/h3-7,10-11,19H,8-9H2,1-2H3. The molecule has 0 amide bonds. The smallest absolute Gasteiger partial charge is 0.271 e. The number of rotatable bonds is 6. The Morgan fingerprint density at radius 1 is 1.17 bits per heavy atom. The third kappa shape index (κ3) is 3.39. The van der Waals surface area contributed by atoms with Gasteiger partial charge in [0, 0.05) is 12.1 Å². The molecule has 0 aromatic heterocycles. The molecule has 24 heavy (non-hydrogen) atoms. The Labute approximate surface area is 140 Å². The molecule has 8 heteroatoms. The molecule has 0 aliphatic heterocycles. The minimum absolute atomic E-state index is 0.133. The van der Waals surface area contributed by atoms with Gasteiger partial charge in [-0.05, 0) is 37.1 Å². The fourth-order valence-corrected chi connectivity index (χ4v) is 4.15. The fourth-order valence-electron chi connectivity index (χ4n) is 2.37. The molecule has 1 N–H and O–H groups in total. The van der Waals surface area contributed by atoms with Gasteiger partial charge < -0.3 is 5.11 Å². The van der Waals surface area contributed by atoms with Gasteiger partial charge in [0.15, 0.2) is 0 Å². The third-order valence-electron chi connectivity index (χ3n) is 3.73. The predicted molar refractivity (Wildman–Crippen MR) is 90.6 cm³/mol. The molecule has 2 aromatic carbocycles. The number of anilines is 1. The van der Waals surface area contributed by atoms with E-state index in [1.165, 1.54) is 6.07 Å². The van der Waals surface area contributed by atoms with Crippen LogP contribution >= 0.6 is 0 Å². The summed E-state index contributed by atoms with van der Waals surface area (Å²) in [5.41, 5.74) is 1.06. The summed E-state index contributed by atoms with van der Waals surface area (Å²) in [5.74, 6) is 0. The zero-order valence-electron chi connectivity index (χ0n) is 13.3. The van der Waals surface area contributed by atoms with Gasteiger partial charge >= 0.3 is 0 Å². The normalized spacial score (nSPS) is 11.3. The van der Waals surface area contributed by atoms with Gasteiger partial charge in [-0.1, -0.05) is 18.2 Å². The molecule has 2 aromatic rings. The molecule has 128 valence electrons. The van der Waals surface area contributed by atoms with Crippen LogP contribution in [-0.2, 0) is 10.0 Å². The maximum atomic E-state index is 13.1. The van der Waals surface area contributed by atoms with Crippen molar-refractivity contribution in [3.05, 3.63) is 63.7 Å². The number of benzene rings is 2. The maximum Gasteiger partial charge on any atom is 0.271 e. The van der Waals surface area contributed by atoms with Gasteiger partial charge in [-0.2, -0.15) is 0 Å². The highest BCUT2D eigenvalue weighted by atomic mass is 32.2. The molecule has 0 bridgehead atoms. The van der Waals surface area contributed by atoms with E-state index in [4.69, 9.17) is 0 Å². The molecule has 7 nitrogen and oxygen atoms in total. The van der Waals surface area contributed by atoms with Gasteiger partial charge in [-0.3, -0.25) is 14.4 Å². The van der Waals surface area contributed by atoms with E-state index in [1.807, 2.05) is 0 Å². The summed E-state index contributed by atoms with van der Waals surface area (Å²) < 4.78 is 27.2. The van der Waals surface area contributed by atoms with Crippen molar-refractivity contribution in [1.29, 1.82) is 0 Å². The maximum absolute atomic E-state index is 13.1. The summed E-state index contributed by atoms with van der Waals surface area (Å²) in [6.07, 6.45) is 0. The van der Waals surface area contributed by atoms with E-state index in [-0.39, 0.29) is 23.7 Å². The van der Waals surface area contributed by atoms with E-state index < -0.39 is 14.9 Å². The number of sulfonamides is 1. The number of aliphatic hydroxyl groups excluding tert-OH is 1. The topological polar surface area (TPSA) is 101 Å². The Hall–Kier alpha value is -2.45. The first kappa shape index (κ1) is 17.9. The van der Waals surface area contributed by atoms with Crippen LogP contribution in [0.15, 0.2) is 47.4 Å². The molecule has 0 atom stereocenters. The van der Waals surface area contributed by atoms with Crippen molar-refractivity contribution in [2.75, 3.05) is 17.5 Å². The molecule has 0 heterocycles. The number of aryl methyl sites for hydroxylation is 1. The number of aliphatic hydroxyl groups is 1. The average Bonchev–Trinajstić information content (AvgIpc) is 2.55. The number of nitro benzene ring substituents is 1. The molecular weight excluding hydrogens is 332 g/mol. The number of para-hydroxylation sites is 1. The molecule has 0 fully saturated rings. The van der Waals surface area contributed by atoms with E-state index in [9.17, 15) is 23.6 Å². The number of hydrogen-bond acceptors (Lipinski definition) is 5. The van der Waals surface area contributed by atoms with Crippen molar-refractivity contribution in [2.24, 2.45) is 0 Å². The lowest BCUT2D eigenvalue weighted by Gasteiger charge is -2.24. The minimum atomic E-state index is -4.06. The summed E-state index contributed by atoms with van der Waals surface area (Å²) in [7, 11) is -4.06. The Bertz CT molecular complexity index is 850. The lowest BCUT2D eigenvalue weighted by atomic mass is 10.1. The molecule has 2 rings (SSSR count). The van der Waals surface area contributed by atoms with Gasteiger partial charge in [0.25, 0.3) is 15.7 Å². The zero-order chi connectivity index (χ0) is 17.9. The van der Waals surface area contributed by atoms with E-state index in [0.29, 0.717) is 16.8 Å². The van der Waals surface area contributed by atoms with Gasteiger partial charge in [0.2, 0.25) is 0 Å². The SMILES string of the molecule is Cc1cc([N+](=O)[O-])cc(S(=O)(=O)N(CCO)c2ccccc2)c1C. The van der Waals surface area contributed by atoms with Crippen molar-refractivity contribution < 1.29 is 18.4 Å². The van der Waals surface area contributed by atoms with Gasteiger partial charge in [-0.25, -0.2) is 8.42 Å². The molecule has 0 spiro atoms. The van der Waals surface area contributed by atoms with Crippen LogP contribution < -0.4 is 4.31 Å². The monoisotopic (exact) mass is 350 g/mol. The second kappa shape index (κ2) is 6.98. The van der Waals surface area contributed by atoms with Crippen molar-refractivity contribution >= 4 is 21.4 Å². The molecule has 0 unspecified atom stereocenters. The van der Waals surface area contributed by atoms with Crippen LogP contribution in [0.25, 0.3) is 0 Å². The molecular formula is C16H18N2O5S. The third-order valence-corrected chi connectivity index (χ3v) is 5.68. The lowest BCUT2D eigenvalue weighted by Crippen LogP contribution is -2.34. The average molecular weight is 350 g/mol. The number of nitrogens with zero attached hydrogens (tertiary/aromatic N) is 2. The molecule has 0 radical (unpaired) electrons. The quantitative estimate of drug-likeness (QED) is 0.637. The molecule has 0 aliphatic rings. The summed E-state index contributed by atoms with van der Waals surface area (Å²) in [6.45, 7) is 2.71. The highest BCUT2D eigenvalue weighted by Crippen LogP contribution is 2.30. The van der Waals surface area contributed by atoms with E-state index in [1.54, 1.807) is 44.2 Å². The van der Waals surface area contributed by atoms with Crippen LogP contribution in [0, 0.1) is 24.0 Å². The Morgan fingerprint density at radius 2 is 1.79 bits per heavy atom. The van der Waals surface area contributed by atoms with Crippen molar-refractivity contribution in [3.8, 4) is 0 Å². The van der Waals surface area contributed by atoms with Crippen LogP contribution in [0.2, 0.25) is 0 Å². The van der Waals surface area contributed by atoms with Gasteiger partial charge in [0.1, 0.15) is 0 Å². The first-order valence-electron chi connectivity index (χ1n) is 7.23. The van der Waals surface area contributed by atoms with Gasteiger partial charge in [0.05, 0.1) is 28.7 Å². The molecule has 0 aliphatic carbocycles. The van der Waals surface area contributed by atoms with Crippen molar-refractivity contribution in [3.63, 3.8) is 0 Å². The highest BCUT2D eigenvalue weighted by Gasteiger charge is 2.29. The summed E-state index contributed by atoms with van der Waals surface area (Å²) >= 11 is 0. The van der Waals surface area contributed by atoms with E-state index >= 15 is 0 Å². The van der Waals surface area contributed by atoms with Crippen LogP contribution in [0.4, 0.5) is 11.4 Å². The van der Waals surface area contributed by atoms with Crippen LogP contribution in [0.5, 0.6) is 0 Å². The van der Waals surface area contributed by atoms with E-state index in [2.05, 4.69) is 0 Å². The Kier molecular flexibility index (Phi) is 5.20. The first-order valence-corrected chi connectivity index (χ1v) is 8.67. The van der Waals surface area contributed by atoms with Gasteiger partial charge in [-0.15, -0.1) is 0 Å². The summed E-state index contributed by atoms with van der Waals surface area (Å²) in [6, 6.07) is 10.7. The largest absolute Gasteiger partial charge is 0.394 e. The summed E-state index contributed by atoms with van der Waals surface area (Å²) in [4.78, 5) is 10.3.